The predicted molar refractivity (Wildman–Crippen MR) is 98.4 cm³/mol. The number of amides is 1. The molecule has 1 aliphatic heterocycles. The molecule has 1 fully saturated rings. The van der Waals surface area contributed by atoms with E-state index < -0.39 is 0 Å². The normalized spacial score (nSPS) is 17.5. The highest BCUT2D eigenvalue weighted by atomic mass is 35.5. The highest BCUT2D eigenvalue weighted by molar-refractivity contribution is 6.30. The minimum Gasteiger partial charge on any atom is -0.443 e. The Labute approximate surface area is 146 Å². The van der Waals surface area contributed by atoms with Gasteiger partial charge in [0.25, 0.3) is 0 Å². The van der Waals surface area contributed by atoms with Crippen molar-refractivity contribution in [3.05, 3.63) is 64.7 Å². The number of benzene rings is 2. The van der Waals surface area contributed by atoms with Gasteiger partial charge in [-0.2, -0.15) is 0 Å². The Balaban J connectivity index is 1.68. The third-order valence-corrected chi connectivity index (χ3v) is 4.06. The number of anilines is 1. The molecule has 1 amide bonds. The molecule has 2 aromatic rings. The number of carbonyl (C=O) groups excluding carboxylic acids is 1. The van der Waals surface area contributed by atoms with E-state index in [9.17, 15) is 4.79 Å². The molecule has 0 radical (unpaired) electrons. The second-order valence-electron chi connectivity index (χ2n) is 5.65. The lowest BCUT2D eigenvalue weighted by Crippen LogP contribution is -2.28. The zero-order valence-electron chi connectivity index (χ0n) is 13.4. The molecular weight excluding hydrogens is 324 g/mol. The van der Waals surface area contributed by atoms with Gasteiger partial charge in [-0.25, -0.2) is 4.79 Å². The van der Waals surface area contributed by atoms with Crippen LogP contribution in [0.3, 0.4) is 0 Å². The van der Waals surface area contributed by atoms with Crippen LogP contribution in [0, 0.1) is 0 Å². The van der Waals surface area contributed by atoms with Crippen LogP contribution in [0.2, 0.25) is 5.02 Å². The number of nitrogens with zero attached hydrogens (tertiary/aromatic N) is 1. The largest absolute Gasteiger partial charge is 0.443 e. The molecule has 5 heteroatoms. The van der Waals surface area contributed by atoms with Gasteiger partial charge >= 0.3 is 6.09 Å². The van der Waals surface area contributed by atoms with Gasteiger partial charge in [-0.05, 0) is 42.4 Å². The van der Waals surface area contributed by atoms with E-state index in [4.69, 9.17) is 16.3 Å². The molecule has 0 bridgehead atoms. The third kappa shape index (κ3) is 3.96. The van der Waals surface area contributed by atoms with Crippen molar-refractivity contribution in [2.24, 2.45) is 0 Å². The lowest BCUT2D eigenvalue weighted by molar-refractivity contribution is 0.141. The summed E-state index contributed by atoms with van der Waals surface area (Å²) in [5.74, 6) is 0. The van der Waals surface area contributed by atoms with Gasteiger partial charge in [-0.3, -0.25) is 4.90 Å². The van der Waals surface area contributed by atoms with Gasteiger partial charge in [-0.15, -0.1) is 0 Å². The first kappa shape index (κ1) is 16.6. The van der Waals surface area contributed by atoms with Gasteiger partial charge in [0.1, 0.15) is 6.10 Å². The van der Waals surface area contributed by atoms with Crippen molar-refractivity contribution in [1.29, 1.82) is 0 Å². The van der Waals surface area contributed by atoms with Gasteiger partial charge in [-0.1, -0.05) is 48.0 Å². The molecule has 1 aliphatic rings. The van der Waals surface area contributed by atoms with Gasteiger partial charge in [0.15, 0.2) is 0 Å². The van der Waals surface area contributed by atoms with Gasteiger partial charge in [0, 0.05) is 17.3 Å². The number of hydrogen-bond donors (Lipinski definition) is 1. The molecular formula is C19H19ClN2O2. The molecule has 1 heterocycles. The smallest absolute Gasteiger partial charge is 0.414 e. The van der Waals surface area contributed by atoms with Crippen LogP contribution in [0.5, 0.6) is 0 Å². The van der Waals surface area contributed by atoms with Crippen LogP contribution in [0.4, 0.5) is 10.5 Å². The molecule has 124 valence electrons. The lowest BCUT2D eigenvalue weighted by atomic mass is 10.1. The average molecular weight is 343 g/mol. The fraction of sp³-hybridized carbons (Fsp3) is 0.211. The second-order valence-corrected chi connectivity index (χ2v) is 6.09. The van der Waals surface area contributed by atoms with E-state index in [1.165, 1.54) is 0 Å². The lowest BCUT2D eigenvalue weighted by Gasteiger charge is -2.13. The first-order valence-corrected chi connectivity index (χ1v) is 8.20. The molecule has 3 rings (SSSR count). The summed E-state index contributed by atoms with van der Waals surface area (Å²) in [6, 6.07) is 15.5. The average Bonchev–Trinajstić information content (AvgIpc) is 2.94. The monoisotopic (exact) mass is 342 g/mol. The van der Waals surface area contributed by atoms with Crippen LogP contribution in [0.15, 0.2) is 48.5 Å². The highest BCUT2D eigenvalue weighted by Gasteiger charge is 2.31. The minimum absolute atomic E-state index is 0.107. The van der Waals surface area contributed by atoms with E-state index >= 15 is 0 Å². The second kappa shape index (κ2) is 7.51. The maximum Gasteiger partial charge on any atom is 0.414 e. The molecule has 1 saturated heterocycles. The number of likely N-dealkylation sites (N-methyl/N-ethyl adjacent to an activating group) is 1. The summed E-state index contributed by atoms with van der Waals surface area (Å²) in [5.41, 5.74) is 2.95. The SMILES string of the molecule is CNCC1CN(c2ccc(/C=C/c3cccc(Cl)c3)cc2)C(=O)O1. The van der Waals surface area contributed by atoms with E-state index in [0.717, 1.165) is 21.8 Å². The quantitative estimate of drug-likeness (QED) is 0.833. The first-order valence-electron chi connectivity index (χ1n) is 7.82. The topological polar surface area (TPSA) is 41.6 Å². The standard InChI is InChI=1S/C19H19ClN2O2/c1-21-12-18-13-22(19(23)24-18)17-9-7-14(8-10-17)5-6-15-3-2-4-16(20)11-15/h2-11,18,21H,12-13H2,1H3/b6-5+. The molecule has 2 aromatic carbocycles. The van der Waals surface area contributed by atoms with E-state index in [-0.39, 0.29) is 12.2 Å². The molecule has 1 atom stereocenters. The molecule has 1 unspecified atom stereocenters. The van der Waals surface area contributed by atoms with Gasteiger partial charge < -0.3 is 10.1 Å². The summed E-state index contributed by atoms with van der Waals surface area (Å²) in [6.07, 6.45) is 3.62. The number of cyclic esters (lactones) is 1. The van der Waals surface area contributed by atoms with Crippen molar-refractivity contribution in [2.75, 3.05) is 25.0 Å². The fourth-order valence-corrected chi connectivity index (χ4v) is 2.83. The van der Waals surface area contributed by atoms with Crippen LogP contribution in [0.1, 0.15) is 11.1 Å². The van der Waals surface area contributed by atoms with Crippen LogP contribution in [-0.2, 0) is 4.74 Å². The van der Waals surface area contributed by atoms with Crippen LogP contribution < -0.4 is 10.2 Å². The van der Waals surface area contributed by atoms with E-state index in [2.05, 4.69) is 5.32 Å². The van der Waals surface area contributed by atoms with Crippen molar-refractivity contribution in [2.45, 2.75) is 6.10 Å². The van der Waals surface area contributed by atoms with Crippen molar-refractivity contribution in [1.82, 2.24) is 5.32 Å². The fourth-order valence-electron chi connectivity index (χ4n) is 2.63. The Kier molecular flexibility index (Phi) is 5.18. The Morgan fingerprint density at radius 1 is 1.21 bits per heavy atom. The number of hydrogen-bond acceptors (Lipinski definition) is 3. The summed E-state index contributed by atoms with van der Waals surface area (Å²) in [4.78, 5) is 13.6. The zero-order valence-corrected chi connectivity index (χ0v) is 14.2. The summed E-state index contributed by atoms with van der Waals surface area (Å²) in [6.45, 7) is 1.22. The molecule has 0 spiro atoms. The third-order valence-electron chi connectivity index (χ3n) is 3.83. The van der Waals surface area contributed by atoms with Crippen molar-refractivity contribution in [3.8, 4) is 0 Å². The first-order chi connectivity index (χ1) is 11.7. The minimum atomic E-state index is -0.294. The number of nitrogens with one attached hydrogen (secondary N) is 1. The van der Waals surface area contributed by atoms with Crippen LogP contribution in [-0.4, -0.2) is 32.3 Å². The highest BCUT2D eigenvalue weighted by Crippen LogP contribution is 2.22. The molecule has 1 N–H and O–H groups in total. The van der Waals surface area contributed by atoms with Crippen LogP contribution >= 0.6 is 11.6 Å². The summed E-state index contributed by atoms with van der Waals surface area (Å²) in [7, 11) is 1.84. The Bertz CT molecular complexity index is 743. The molecule has 24 heavy (non-hydrogen) atoms. The van der Waals surface area contributed by atoms with Crippen LogP contribution in [0.25, 0.3) is 12.2 Å². The zero-order chi connectivity index (χ0) is 16.9. The maximum atomic E-state index is 11.9. The maximum absolute atomic E-state index is 11.9. The Hall–Kier alpha value is -2.30. The van der Waals surface area contributed by atoms with E-state index in [0.29, 0.717) is 13.1 Å². The molecule has 0 aromatic heterocycles. The van der Waals surface area contributed by atoms with Crippen molar-refractivity contribution in [3.63, 3.8) is 0 Å². The Morgan fingerprint density at radius 2 is 1.96 bits per heavy atom. The van der Waals surface area contributed by atoms with Crippen molar-refractivity contribution >= 4 is 35.5 Å². The van der Waals surface area contributed by atoms with Gasteiger partial charge in [0.2, 0.25) is 0 Å². The van der Waals surface area contributed by atoms with Crippen molar-refractivity contribution < 1.29 is 9.53 Å². The number of rotatable bonds is 5. The predicted octanol–water partition coefficient (Wildman–Crippen LogP) is 4.06. The summed E-state index contributed by atoms with van der Waals surface area (Å²) >= 11 is 5.98. The summed E-state index contributed by atoms with van der Waals surface area (Å²) < 4.78 is 5.31. The van der Waals surface area contributed by atoms with Gasteiger partial charge in [0.05, 0.1) is 6.54 Å². The number of halogens is 1. The molecule has 4 nitrogen and oxygen atoms in total. The number of carbonyl (C=O) groups is 1. The molecule has 0 aliphatic carbocycles. The Morgan fingerprint density at radius 3 is 2.67 bits per heavy atom. The molecule has 0 saturated carbocycles. The number of ether oxygens (including phenoxy) is 1. The van der Waals surface area contributed by atoms with E-state index in [1.54, 1.807) is 4.90 Å². The van der Waals surface area contributed by atoms with E-state index in [1.807, 2.05) is 67.7 Å². The summed E-state index contributed by atoms with van der Waals surface area (Å²) in [5, 5.41) is 3.74.